The van der Waals surface area contributed by atoms with Crippen molar-refractivity contribution in [1.29, 1.82) is 0 Å². The zero-order chi connectivity index (χ0) is 58.5. The Hall–Kier alpha value is -9.14. The molecule has 0 aliphatic rings. The maximum atomic E-state index is 12.7. The lowest BCUT2D eigenvalue weighted by atomic mass is 9.91. The van der Waals surface area contributed by atoms with Crippen LogP contribution in [0.5, 0.6) is 0 Å². The van der Waals surface area contributed by atoms with Gasteiger partial charge in [-0.05, 0) is 169 Å². The lowest BCUT2D eigenvalue weighted by Gasteiger charge is -2.29. The summed E-state index contributed by atoms with van der Waals surface area (Å²) < 4.78 is 22.5. The van der Waals surface area contributed by atoms with Crippen LogP contribution >= 0.6 is 0 Å². The topological polar surface area (TPSA) is 77.5 Å². The van der Waals surface area contributed by atoms with Crippen LogP contribution in [0.15, 0.2) is 231 Å². The van der Waals surface area contributed by atoms with Crippen molar-refractivity contribution in [2.24, 2.45) is 0 Å². The fourth-order valence-electron chi connectivity index (χ4n) is 11.1. The molecular formula is C76H76N2O6. The molecule has 0 N–H and O–H groups in total. The molecule has 10 aromatic carbocycles. The Morgan fingerprint density at radius 1 is 0.357 bits per heavy atom. The second-order valence-corrected chi connectivity index (χ2v) is 22.8. The van der Waals surface area contributed by atoms with E-state index in [1.165, 1.54) is 0 Å². The standard InChI is InChI=1S/C76H76N2O6/c1-7-9-51-75(3,4)83-73(79)81-53-49-55-29-37-61(38-30-55)77(63-41-33-59(34-42-63)57-21-13-11-14-22-57)71-47-45-67(65-25-17-19-27-69(65)71)68-46-48-72(70-28-20-18-26-66(68)70)78(64-43-35-60(36-44-64)58-23-15-12-16-24-58)62-39-31-56(32-40-62)50-54-82-74(80)84-76(5,6)52-10-8-2/h11-48H,7-10,49-54H2,1-6H3. The number of carbonyl (C=O) groups excluding carboxylic acids is 2. The number of anilines is 6. The van der Waals surface area contributed by atoms with Crippen LogP contribution < -0.4 is 9.80 Å². The Kier molecular flexibility index (Phi) is 18.6. The second-order valence-electron chi connectivity index (χ2n) is 22.8. The van der Waals surface area contributed by atoms with Crippen molar-refractivity contribution in [3.63, 3.8) is 0 Å². The summed E-state index contributed by atoms with van der Waals surface area (Å²) in [4.78, 5) is 30.0. The molecule has 0 unspecified atom stereocenters. The summed E-state index contributed by atoms with van der Waals surface area (Å²) >= 11 is 0. The molecule has 0 atom stereocenters. The van der Waals surface area contributed by atoms with Crippen LogP contribution in [0.1, 0.15) is 91.2 Å². The minimum absolute atomic E-state index is 0.220. The highest BCUT2D eigenvalue weighted by Crippen LogP contribution is 2.47. The van der Waals surface area contributed by atoms with Gasteiger partial charge in [-0.25, -0.2) is 9.59 Å². The van der Waals surface area contributed by atoms with E-state index in [1.807, 2.05) is 39.8 Å². The van der Waals surface area contributed by atoms with E-state index in [0.29, 0.717) is 12.8 Å². The quantitative estimate of drug-likeness (QED) is 0.0586. The zero-order valence-corrected chi connectivity index (χ0v) is 49.4. The van der Waals surface area contributed by atoms with Gasteiger partial charge < -0.3 is 28.7 Å². The number of nitrogens with zero attached hydrogens (tertiary/aromatic N) is 2. The summed E-state index contributed by atoms with van der Waals surface area (Å²) in [5.41, 5.74) is 13.9. The van der Waals surface area contributed by atoms with Crippen molar-refractivity contribution in [2.45, 2.75) is 104 Å². The Labute approximate surface area is 496 Å². The van der Waals surface area contributed by atoms with Crippen molar-refractivity contribution < 1.29 is 28.5 Å². The number of fused-ring (bicyclic) bond motifs is 2. The Balaban J connectivity index is 0.985. The molecule has 10 rings (SSSR count). The predicted molar refractivity (Wildman–Crippen MR) is 347 cm³/mol. The number of hydrogen-bond acceptors (Lipinski definition) is 8. The second kappa shape index (κ2) is 26.8. The highest BCUT2D eigenvalue weighted by Gasteiger charge is 2.26. The largest absolute Gasteiger partial charge is 0.508 e. The Bertz CT molecular complexity index is 3530. The Morgan fingerprint density at radius 3 is 1.01 bits per heavy atom. The van der Waals surface area contributed by atoms with E-state index in [-0.39, 0.29) is 13.2 Å². The fourth-order valence-corrected chi connectivity index (χ4v) is 11.1. The van der Waals surface area contributed by atoms with Gasteiger partial charge in [-0.2, -0.15) is 0 Å². The number of ether oxygens (including phenoxy) is 4. The smallest absolute Gasteiger partial charge is 0.434 e. The molecule has 0 heterocycles. The Morgan fingerprint density at radius 2 is 0.667 bits per heavy atom. The van der Waals surface area contributed by atoms with Gasteiger partial charge in [0.25, 0.3) is 0 Å². The van der Waals surface area contributed by atoms with Crippen LogP contribution in [0, 0.1) is 0 Å². The third-order valence-corrected chi connectivity index (χ3v) is 15.6. The molecule has 0 amide bonds. The first-order chi connectivity index (χ1) is 40.9. The SMILES string of the molecule is CCCCC(C)(C)OC(=O)OCCc1ccc(N(c2ccc(-c3ccccc3)cc2)c2ccc(-c3ccc(N(c4ccc(CCOC(=O)OC(C)(C)CCCC)cc4)c4ccc(-c5ccccc5)cc4)c4ccccc34)c3ccccc23)cc1. The first-order valence-corrected chi connectivity index (χ1v) is 29.7. The van der Waals surface area contributed by atoms with Crippen LogP contribution in [0.4, 0.5) is 43.7 Å². The molecule has 10 aromatic rings. The van der Waals surface area contributed by atoms with E-state index in [4.69, 9.17) is 18.9 Å². The van der Waals surface area contributed by atoms with E-state index in [2.05, 4.69) is 242 Å². The fraction of sp³-hybridized carbons (Fsp3) is 0.237. The molecule has 0 aliphatic carbocycles. The van der Waals surface area contributed by atoms with Gasteiger partial charge in [0.1, 0.15) is 11.2 Å². The minimum atomic E-state index is -0.631. The highest BCUT2D eigenvalue weighted by molar-refractivity contribution is 6.13. The molecule has 426 valence electrons. The van der Waals surface area contributed by atoms with Crippen LogP contribution in [-0.2, 0) is 31.8 Å². The molecule has 0 saturated carbocycles. The monoisotopic (exact) mass is 1110 g/mol. The predicted octanol–water partition coefficient (Wildman–Crippen LogP) is 21.3. The van der Waals surface area contributed by atoms with E-state index >= 15 is 0 Å². The molecule has 0 aliphatic heterocycles. The van der Waals surface area contributed by atoms with Gasteiger partial charge in [0.2, 0.25) is 0 Å². The first-order valence-electron chi connectivity index (χ1n) is 29.7. The molecule has 0 aromatic heterocycles. The summed E-state index contributed by atoms with van der Waals surface area (Å²) in [6, 6.07) is 82.0. The van der Waals surface area contributed by atoms with Gasteiger partial charge in [-0.1, -0.05) is 197 Å². The average molecular weight is 1110 g/mol. The van der Waals surface area contributed by atoms with Crippen LogP contribution in [0.25, 0.3) is 54.9 Å². The zero-order valence-electron chi connectivity index (χ0n) is 49.4. The molecule has 8 heteroatoms. The van der Waals surface area contributed by atoms with Gasteiger partial charge in [-0.15, -0.1) is 0 Å². The normalized spacial score (nSPS) is 11.5. The molecule has 0 fully saturated rings. The van der Waals surface area contributed by atoms with Crippen molar-refractivity contribution in [3.05, 3.63) is 242 Å². The van der Waals surface area contributed by atoms with Crippen molar-refractivity contribution in [2.75, 3.05) is 23.0 Å². The number of carbonyl (C=O) groups is 2. The van der Waals surface area contributed by atoms with Crippen LogP contribution in [0.2, 0.25) is 0 Å². The number of unbranched alkanes of at least 4 members (excludes halogenated alkanes) is 2. The first kappa shape index (κ1) is 58.1. The summed E-state index contributed by atoms with van der Waals surface area (Å²) in [7, 11) is 0. The molecule has 0 radical (unpaired) electrons. The highest BCUT2D eigenvalue weighted by atomic mass is 16.7. The number of benzene rings is 10. The molecule has 0 bridgehead atoms. The minimum Gasteiger partial charge on any atom is -0.434 e. The van der Waals surface area contributed by atoms with E-state index in [1.54, 1.807) is 0 Å². The van der Waals surface area contributed by atoms with Crippen molar-refractivity contribution in [3.8, 4) is 33.4 Å². The number of rotatable bonds is 23. The third kappa shape index (κ3) is 14.2. The molecule has 84 heavy (non-hydrogen) atoms. The maximum absolute atomic E-state index is 12.7. The van der Waals surface area contributed by atoms with Gasteiger partial charge >= 0.3 is 12.3 Å². The summed E-state index contributed by atoms with van der Waals surface area (Å²) in [6.45, 7) is 12.4. The van der Waals surface area contributed by atoms with Gasteiger partial charge in [0.05, 0.1) is 24.6 Å². The molecule has 8 nitrogen and oxygen atoms in total. The van der Waals surface area contributed by atoms with Crippen LogP contribution in [-0.4, -0.2) is 36.7 Å². The summed E-state index contributed by atoms with van der Waals surface area (Å²) in [6.07, 6.45) is 5.46. The van der Waals surface area contributed by atoms with Crippen LogP contribution in [0.3, 0.4) is 0 Å². The molecule has 0 spiro atoms. The van der Waals surface area contributed by atoms with Gasteiger partial charge in [-0.3, -0.25) is 0 Å². The lowest BCUT2D eigenvalue weighted by molar-refractivity contribution is -0.0219. The summed E-state index contributed by atoms with van der Waals surface area (Å²) in [5.74, 6) is 0. The van der Waals surface area contributed by atoms with Gasteiger partial charge in [0, 0.05) is 46.4 Å². The third-order valence-electron chi connectivity index (χ3n) is 15.6. The molecular weight excluding hydrogens is 1040 g/mol. The van der Waals surface area contributed by atoms with Crippen molar-refractivity contribution in [1.82, 2.24) is 0 Å². The number of hydrogen-bond donors (Lipinski definition) is 0. The maximum Gasteiger partial charge on any atom is 0.508 e. The molecule has 0 saturated heterocycles. The van der Waals surface area contributed by atoms with E-state index in [9.17, 15) is 9.59 Å². The van der Waals surface area contributed by atoms with Crippen molar-refractivity contribution >= 4 is 68.0 Å². The lowest BCUT2D eigenvalue weighted by Crippen LogP contribution is -2.28. The van der Waals surface area contributed by atoms with E-state index in [0.717, 1.165) is 139 Å². The van der Waals surface area contributed by atoms with Gasteiger partial charge in [0.15, 0.2) is 0 Å². The van der Waals surface area contributed by atoms with E-state index < -0.39 is 23.5 Å². The summed E-state index contributed by atoms with van der Waals surface area (Å²) in [5, 5.41) is 4.45. The average Bonchev–Trinajstić information content (AvgIpc) is 3.65.